The van der Waals surface area contributed by atoms with E-state index in [0.29, 0.717) is 12.8 Å². The summed E-state index contributed by atoms with van der Waals surface area (Å²) in [6.07, 6.45) is 2.33. The summed E-state index contributed by atoms with van der Waals surface area (Å²) in [6, 6.07) is 0. The van der Waals surface area contributed by atoms with Gasteiger partial charge in [-0.3, -0.25) is 9.59 Å². The zero-order valence-corrected chi connectivity index (χ0v) is 13.4. The molecule has 0 amide bonds. The van der Waals surface area contributed by atoms with Crippen LogP contribution >= 0.6 is 0 Å². The van der Waals surface area contributed by atoms with Crippen molar-refractivity contribution in [3.05, 3.63) is 0 Å². The van der Waals surface area contributed by atoms with Gasteiger partial charge in [-0.25, -0.2) is 0 Å². The lowest BCUT2D eigenvalue weighted by atomic mass is 10.1. The van der Waals surface area contributed by atoms with Crippen molar-refractivity contribution in [3.8, 4) is 0 Å². The summed E-state index contributed by atoms with van der Waals surface area (Å²) in [4.78, 5) is 22.6. The summed E-state index contributed by atoms with van der Waals surface area (Å²) in [5.41, 5.74) is 0. The van der Waals surface area contributed by atoms with Gasteiger partial charge in [0.05, 0.1) is 13.2 Å². The first-order valence-electron chi connectivity index (χ1n) is 7.88. The average Bonchev–Trinajstić information content (AvgIpc) is 2.56. The molecule has 0 aliphatic heterocycles. The number of rotatable bonds is 14. The number of esters is 2. The van der Waals surface area contributed by atoms with E-state index in [1.165, 1.54) is 0 Å². The summed E-state index contributed by atoms with van der Waals surface area (Å²) in [5.74, 6) is -0.799. The normalized spacial score (nSPS) is 13.4. The first-order valence-corrected chi connectivity index (χ1v) is 7.88. The van der Waals surface area contributed by atoms with Gasteiger partial charge < -0.3 is 29.9 Å². The molecule has 0 bridgehead atoms. The molecule has 2 unspecified atom stereocenters. The molecule has 8 heteroatoms. The molecule has 0 aromatic carbocycles. The lowest BCUT2D eigenvalue weighted by Crippen LogP contribution is -2.21. The minimum absolute atomic E-state index is 0.192. The van der Waals surface area contributed by atoms with E-state index in [1.807, 2.05) is 0 Å². The van der Waals surface area contributed by atoms with E-state index in [1.54, 1.807) is 0 Å². The highest BCUT2D eigenvalue weighted by Crippen LogP contribution is 2.08. The Morgan fingerprint density at radius 1 is 0.696 bits per heavy atom. The Morgan fingerprint density at radius 2 is 1.04 bits per heavy atom. The van der Waals surface area contributed by atoms with Crippen molar-refractivity contribution >= 4 is 11.9 Å². The van der Waals surface area contributed by atoms with Crippen molar-refractivity contribution < 1.29 is 39.5 Å². The summed E-state index contributed by atoms with van der Waals surface area (Å²) >= 11 is 0. The number of carbonyl (C=O) groups excluding carboxylic acids is 2. The summed E-state index contributed by atoms with van der Waals surface area (Å²) < 4.78 is 9.52. The number of carbonyl (C=O) groups is 2. The Balaban J connectivity index is 3.39. The number of aliphatic hydroxyl groups excluding tert-OH is 4. The topological polar surface area (TPSA) is 134 Å². The molecule has 0 saturated heterocycles. The molecule has 8 nitrogen and oxygen atoms in total. The van der Waals surface area contributed by atoms with E-state index >= 15 is 0 Å². The molecule has 2 atom stereocenters. The van der Waals surface area contributed by atoms with Crippen LogP contribution in [0, 0.1) is 0 Å². The molecule has 0 radical (unpaired) electrons. The van der Waals surface area contributed by atoms with Crippen molar-refractivity contribution in [2.45, 2.75) is 57.2 Å². The highest BCUT2D eigenvalue weighted by molar-refractivity contribution is 5.69. The molecular formula is C15H28O8. The quantitative estimate of drug-likeness (QED) is 0.247. The number of aliphatic hydroxyl groups is 4. The van der Waals surface area contributed by atoms with Gasteiger partial charge in [0.2, 0.25) is 0 Å². The zero-order chi connectivity index (χ0) is 17.5. The second-order valence-corrected chi connectivity index (χ2v) is 5.31. The summed E-state index contributed by atoms with van der Waals surface area (Å²) in [6.45, 7) is -1.26. The Morgan fingerprint density at radius 3 is 1.39 bits per heavy atom. The third-order valence-corrected chi connectivity index (χ3v) is 3.06. The third-order valence-electron chi connectivity index (χ3n) is 3.06. The van der Waals surface area contributed by atoms with Gasteiger partial charge in [-0.2, -0.15) is 0 Å². The van der Waals surface area contributed by atoms with Crippen LogP contribution in [0.15, 0.2) is 0 Å². The lowest BCUT2D eigenvalue weighted by Gasteiger charge is -2.08. The van der Waals surface area contributed by atoms with Gasteiger partial charge in [0.1, 0.15) is 25.4 Å². The molecule has 0 spiro atoms. The van der Waals surface area contributed by atoms with Gasteiger partial charge in [0.25, 0.3) is 0 Å². The number of hydrogen-bond donors (Lipinski definition) is 4. The molecule has 0 aliphatic carbocycles. The molecule has 0 aliphatic rings. The molecule has 0 rings (SSSR count). The maximum atomic E-state index is 11.3. The first-order chi connectivity index (χ1) is 11.0. The van der Waals surface area contributed by atoms with E-state index in [2.05, 4.69) is 0 Å². The third kappa shape index (κ3) is 14.1. The highest BCUT2D eigenvalue weighted by atomic mass is 16.5. The molecule has 0 aromatic heterocycles. The van der Waals surface area contributed by atoms with Gasteiger partial charge >= 0.3 is 11.9 Å². The lowest BCUT2D eigenvalue weighted by molar-refractivity contribution is -0.148. The Kier molecular flexibility index (Phi) is 13.6. The smallest absolute Gasteiger partial charge is 0.305 e. The molecule has 0 aromatic rings. The van der Waals surface area contributed by atoms with Crippen LogP contribution in [0.2, 0.25) is 0 Å². The molecule has 136 valence electrons. The van der Waals surface area contributed by atoms with Gasteiger partial charge in [-0.05, 0) is 12.8 Å². The summed E-state index contributed by atoms with van der Waals surface area (Å²) in [5, 5.41) is 35.1. The van der Waals surface area contributed by atoms with Crippen molar-refractivity contribution in [2.75, 3.05) is 26.4 Å². The standard InChI is InChI=1S/C15H28O8/c16-8-12(18)10-22-14(20)6-4-2-1-3-5-7-15(21)23-11-13(19)9-17/h12-13,16-19H,1-11H2. The average molecular weight is 336 g/mol. The fraction of sp³-hybridized carbons (Fsp3) is 0.867. The van der Waals surface area contributed by atoms with Gasteiger partial charge in [0, 0.05) is 12.8 Å². The number of unbranched alkanes of at least 4 members (excludes halogenated alkanes) is 4. The second-order valence-electron chi connectivity index (χ2n) is 5.31. The molecule has 23 heavy (non-hydrogen) atoms. The SMILES string of the molecule is O=C(CCCCCCCC(=O)OCC(O)CO)OCC(O)CO. The van der Waals surface area contributed by atoms with E-state index in [4.69, 9.17) is 29.9 Å². The van der Waals surface area contributed by atoms with Crippen molar-refractivity contribution in [1.82, 2.24) is 0 Å². The van der Waals surface area contributed by atoms with Crippen molar-refractivity contribution in [3.63, 3.8) is 0 Å². The fourth-order valence-corrected chi connectivity index (χ4v) is 1.70. The maximum Gasteiger partial charge on any atom is 0.305 e. The van der Waals surface area contributed by atoms with E-state index in [0.717, 1.165) is 19.3 Å². The molecular weight excluding hydrogens is 308 g/mol. The van der Waals surface area contributed by atoms with Crippen LogP contribution in [0.5, 0.6) is 0 Å². The van der Waals surface area contributed by atoms with Crippen molar-refractivity contribution in [2.24, 2.45) is 0 Å². The monoisotopic (exact) mass is 336 g/mol. The van der Waals surface area contributed by atoms with Gasteiger partial charge in [0.15, 0.2) is 0 Å². The van der Waals surface area contributed by atoms with Crippen molar-refractivity contribution in [1.29, 1.82) is 0 Å². The fourth-order valence-electron chi connectivity index (χ4n) is 1.70. The Hall–Kier alpha value is -1.22. The van der Waals surface area contributed by atoms with Crippen LogP contribution in [-0.2, 0) is 19.1 Å². The zero-order valence-electron chi connectivity index (χ0n) is 13.4. The van der Waals surface area contributed by atoms with E-state index in [9.17, 15) is 9.59 Å². The van der Waals surface area contributed by atoms with Crippen LogP contribution in [0.3, 0.4) is 0 Å². The van der Waals surface area contributed by atoms with Crippen LogP contribution in [-0.4, -0.2) is 71.0 Å². The maximum absolute atomic E-state index is 11.3. The van der Waals surface area contributed by atoms with Gasteiger partial charge in [-0.1, -0.05) is 19.3 Å². The highest BCUT2D eigenvalue weighted by Gasteiger charge is 2.08. The molecule has 0 fully saturated rings. The Labute approximate surface area is 136 Å². The van der Waals surface area contributed by atoms with E-state index in [-0.39, 0.29) is 26.1 Å². The van der Waals surface area contributed by atoms with Crippen LogP contribution in [0.4, 0.5) is 0 Å². The molecule has 0 saturated carbocycles. The van der Waals surface area contributed by atoms with Gasteiger partial charge in [-0.15, -0.1) is 0 Å². The molecule has 4 N–H and O–H groups in total. The first kappa shape index (κ1) is 21.8. The van der Waals surface area contributed by atoms with E-state index < -0.39 is 37.4 Å². The molecule has 0 heterocycles. The van der Waals surface area contributed by atoms with Crippen LogP contribution in [0.1, 0.15) is 44.9 Å². The predicted molar refractivity (Wildman–Crippen MR) is 80.4 cm³/mol. The minimum Gasteiger partial charge on any atom is -0.463 e. The minimum atomic E-state index is -1.03. The van der Waals surface area contributed by atoms with Crippen LogP contribution in [0.25, 0.3) is 0 Å². The number of ether oxygens (including phenoxy) is 2. The summed E-state index contributed by atoms with van der Waals surface area (Å²) in [7, 11) is 0. The largest absolute Gasteiger partial charge is 0.463 e. The number of hydrogen-bond acceptors (Lipinski definition) is 8. The Bertz CT molecular complexity index is 291. The second kappa shape index (κ2) is 14.4. The predicted octanol–water partition coefficient (Wildman–Crippen LogP) is -0.490. The van der Waals surface area contributed by atoms with Crippen LogP contribution < -0.4 is 0 Å².